The summed E-state index contributed by atoms with van der Waals surface area (Å²) in [6.07, 6.45) is 3.34. The number of aromatic nitrogens is 2. The molecule has 1 N–H and O–H groups in total. The van der Waals surface area contributed by atoms with Crippen LogP contribution in [-0.2, 0) is 6.54 Å². The number of nitro groups is 1. The molecule has 0 aliphatic carbocycles. The number of nitro benzene ring substituents is 1. The second-order valence-electron chi connectivity index (χ2n) is 5.74. The van der Waals surface area contributed by atoms with Crippen molar-refractivity contribution >= 4 is 11.4 Å². The van der Waals surface area contributed by atoms with E-state index in [0.29, 0.717) is 18.1 Å². The normalized spacial score (nSPS) is 10.7. The summed E-state index contributed by atoms with van der Waals surface area (Å²) in [5, 5.41) is 14.0. The summed E-state index contributed by atoms with van der Waals surface area (Å²) in [6.45, 7) is 4.02. The molecular formula is C18H17FN4O2. The van der Waals surface area contributed by atoms with Gasteiger partial charge in [0.2, 0.25) is 0 Å². The monoisotopic (exact) mass is 340 g/mol. The predicted molar refractivity (Wildman–Crippen MR) is 93.4 cm³/mol. The fourth-order valence-corrected chi connectivity index (χ4v) is 2.65. The van der Waals surface area contributed by atoms with E-state index in [-0.39, 0.29) is 11.5 Å². The summed E-state index contributed by atoms with van der Waals surface area (Å²) in [5.74, 6) is 0.382. The first kappa shape index (κ1) is 16.6. The summed E-state index contributed by atoms with van der Waals surface area (Å²) in [4.78, 5) is 14.4. The molecule has 0 aliphatic rings. The minimum Gasteiger partial charge on any atom is -0.381 e. The zero-order valence-corrected chi connectivity index (χ0v) is 13.9. The molecule has 0 amide bonds. The van der Waals surface area contributed by atoms with E-state index < -0.39 is 4.92 Å². The predicted octanol–water partition coefficient (Wildman–Crippen LogP) is 4.15. The molecule has 0 unspecified atom stereocenters. The highest BCUT2D eigenvalue weighted by Crippen LogP contribution is 2.22. The Morgan fingerprint density at radius 1 is 1.24 bits per heavy atom. The first-order valence-electron chi connectivity index (χ1n) is 7.73. The molecule has 25 heavy (non-hydrogen) atoms. The van der Waals surface area contributed by atoms with Gasteiger partial charge in [0.15, 0.2) is 0 Å². The van der Waals surface area contributed by atoms with Crippen molar-refractivity contribution in [1.82, 2.24) is 9.55 Å². The van der Waals surface area contributed by atoms with Crippen LogP contribution in [0.2, 0.25) is 0 Å². The molecule has 0 saturated heterocycles. The van der Waals surface area contributed by atoms with Gasteiger partial charge in [-0.1, -0.05) is 6.07 Å². The van der Waals surface area contributed by atoms with Crippen LogP contribution in [0.25, 0.3) is 5.69 Å². The summed E-state index contributed by atoms with van der Waals surface area (Å²) in [5.41, 5.74) is 2.82. The molecule has 128 valence electrons. The van der Waals surface area contributed by atoms with Crippen LogP contribution in [0.15, 0.2) is 48.8 Å². The van der Waals surface area contributed by atoms with Crippen LogP contribution < -0.4 is 5.32 Å². The Morgan fingerprint density at radius 3 is 2.64 bits per heavy atom. The van der Waals surface area contributed by atoms with Crippen LogP contribution in [0.1, 0.15) is 17.0 Å². The van der Waals surface area contributed by atoms with E-state index in [1.54, 1.807) is 36.0 Å². The number of hydrogen-bond donors (Lipinski definition) is 1. The largest absolute Gasteiger partial charge is 0.381 e. The van der Waals surface area contributed by atoms with Crippen LogP contribution in [0, 0.1) is 29.8 Å². The van der Waals surface area contributed by atoms with E-state index in [9.17, 15) is 14.5 Å². The number of imidazole rings is 1. The lowest BCUT2D eigenvalue weighted by Crippen LogP contribution is -2.04. The van der Waals surface area contributed by atoms with Gasteiger partial charge < -0.3 is 9.88 Å². The van der Waals surface area contributed by atoms with Gasteiger partial charge in [-0.3, -0.25) is 10.1 Å². The molecule has 0 radical (unpaired) electrons. The molecule has 6 nitrogen and oxygen atoms in total. The van der Waals surface area contributed by atoms with Gasteiger partial charge in [-0.05, 0) is 43.2 Å². The summed E-state index contributed by atoms with van der Waals surface area (Å²) >= 11 is 0. The van der Waals surface area contributed by atoms with Gasteiger partial charge in [0.05, 0.1) is 10.6 Å². The van der Waals surface area contributed by atoms with E-state index in [1.165, 1.54) is 18.2 Å². The molecule has 1 aromatic heterocycles. The third-order valence-corrected chi connectivity index (χ3v) is 4.00. The maximum absolute atomic E-state index is 14.4. The van der Waals surface area contributed by atoms with E-state index in [4.69, 9.17) is 0 Å². The van der Waals surface area contributed by atoms with E-state index in [0.717, 1.165) is 16.8 Å². The molecule has 3 rings (SSSR count). The van der Waals surface area contributed by atoms with Gasteiger partial charge in [0.25, 0.3) is 5.69 Å². The maximum Gasteiger partial charge on any atom is 0.269 e. The Hall–Kier alpha value is -3.22. The number of non-ortho nitro benzene ring substituents is 1. The van der Waals surface area contributed by atoms with Crippen molar-refractivity contribution in [3.63, 3.8) is 0 Å². The third kappa shape index (κ3) is 3.50. The smallest absolute Gasteiger partial charge is 0.269 e. The van der Waals surface area contributed by atoms with Crippen molar-refractivity contribution in [3.05, 3.63) is 81.7 Å². The molecule has 0 saturated carbocycles. The van der Waals surface area contributed by atoms with Crippen molar-refractivity contribution in [1.29, 1.82) is 0 Å². The highest BCUT2D eigenvalue weighted by Gasteiger charge is 2.10. The molecule has 0 spiro atoms. The van der Waals surface area contributed by atoms with Crippen LogP contribution >= 0.6 is 0 Å². The first-order valence-corrected chi connectivity index (χ1v) is 7.73. The van der Waals surface area contributed by atoms with Crippen molar-refractivity contribution in [3.8, 4) is 5.69 Å². The lowest BCUT2D eigenvalue weighted by Gasteiger charge is -2.11. The maximum atomic E-state index is 14.4. The number of nitrogens with zero attached hydrogens (tertiary/aromatic N) is 3. The highest BCUT2D eigenvalue weighted by molar-refractivity contribution is 5.55. The summed E-state index contributed by atoms with van der Waals surface area (Å²) < 4.78 is 16.1. The highest BCUT2D eigenvalue weighted by atomic mass is 19.1. The fourth-order valence-electron chi connectivity index (χ4n) is 2.65. The van der Waals surface area contributed by atoms with Gasteiger partial charge in [0.1, 0.15) is 11.6 Å². The standard InChI is InChI=1S/C18H17FN4O2/c1-12-9-15(23(24)25)4-5-17(12)21-11-14-3-6-18(16(19)10-14)22-8-7-20-13(22)2/h3-10,21H,11H2,1-2H3. The number of halogens is 1. The second kappa shape index (κ2) is 6.72. The second-order valence-corrected chi connectivity index (χ2v) is 5.74. The zero-order chi connectivity index (χ0) is 18.0. The molecule has 0 fully saturated rings. The zero-order valence-electron chi connectivity index (χ0n) is 13.9. The number of rotatable bonds is 5. The summed E-state index contributed by atoms with van der Waals surface area (Å²) in [7, 11) is 0. The van der Waals surface area contributed by atoms with Gasteiger partial charge in [-0.15, -0.1) is 0 Å². The Kier molecular flexibility index (Phi) is 4.47. The number of aryl methyl sites for hydroxylation is 2. The minimum absolute atomic E-state index is 0.0501. The number of benzene rings is 2. The Balaban J connectivity index is 1.75. The molecular weight excluding hydrogens is 323 g/mol. The lowest BCUT2D eigenvalue weighted by atomic mass is 10.1. The number of anilines is 1. The molecule has 7 heteroatoms. The van der Waals surface area contributed by atoms with E-state index in [2.05, 4.69) is 10.3 Å². The van der Waals surface area contributed by atoms with E-state index >= 15 is 0 Å². The number of nitrogens with one attached hydrogen (secondary N) is 1. The topological polar surface area (TPSA) is 73.0 Å². The SMILES string of the molecule is Cc1cc([N+](=O)[O-])ccc1NCc1ccc(-n2ccnc2C)c(F)c1. The lowest BCUT2D eigenvalue weighted by molar-refractivity contribution is -0.384. The van der Waals surface area contributed by atoms with Crippen molar-refractivity contribution in [2.75, 3.05) is 5.32 Å². The van der Waals surface area contributed by atoms with Crippen LogP contribution in [0.4, 0.5) is 15.8 Å². The minimum atomic E-state index is -0.428. The van der Waals surface area contributed by atoms with Crippen molar-refractivity contribution in [2.24, 2.45) is 0 Å². The first-order chi connectivity index (χ1) is 12.0. The quantitative estimate of drug-likeness (QED) is 0.559. The van der Waals surface area contributed by atoms with Crippen molar-refractivity contribution < 1.29 is 9.31 Å². The van der Waals surface area contributed by atoms with Gasteiger partial charge in [-0.25, -0.2) is 9.37 Å². The average Bonchev–Trinajstić information content (AvgIpc) is 2.99. The summed E-state index contributed by atoms with van der Waals surface area (Å²) in [6, 6.07) is 9.64. The Bertz CT molecular complexity index is 937. The number of hydrogen-bond acceptors (Lipinski definition) is 4. The molecule has 1 heterocycles. The Morgan fingerprint density at radius 2 is 2.04 bits per heavy atom. The van der Waals surface area contributed by atoms with Gasteiger partial charge in [-0.2, -0.15) is 0 Å². The fraction of sp³-hybridized carbons (Fsp3) is 0.167. The van der Waals surface area contributed by atoms with Crippen LogP contribution in [0.5, 0.6) is 0 Å². The Labute approximate surface area is 144 Å². The van der Waals surface area contributed by atoms with E-state index in [1.807, 2.05) is 13.0 Å². The molecule has 3 aromatic rings. The molecule has 0 aliphatic heterocycles. The third-order valence-electron chi connectivity index (χ3n) is 4.00. The molecule has 2 aromatic carbocycles. The average molecular weight is 340 g/mol. The van der Waals surface area contributed by atoms with Gasteiger partial charge in [0, 0.05) is 36.8 Å². The van der Waals surface area contributed by atoms with Gasteiger partial charge >= 0.3 is 0 Å². The molecule has 0 bridgehead atoms. The molecule has 0 atom stereocenters. The van der Waals surface area contributed by atoms with Crippen molar-refractivity contribution in [2.45, 2.75) is 20.4 Å². The van der Waals surface area contributed by atoms with Crippen LogP contribution in [-0.4, -0.2) is 14.5 Å². The van der Waals surface area contributed by atoms with Crippen LogP contribution in [0.3, 0.4) is 0 Å².